The van der Waals surface area contributed by atoms with Gasteiger partial charge in [-0.15, -0.1) is 0 Å². The summed E-state index contributed by atoms with van der Waals surface area (Å²) in [7, 11) is 0. The number of benzene rings is 1. The maximum Gasteiger partial charge on any atom is 0.0459 e. The van der Waals surface area contributed by atoms with E-state index >= 15 is 0 Å². The topological polar surface area (TPSA) is 29.3 Å². The van der Waals surface area contributed by atoms with E-state index < -0.39 is 0 Å². The Morgan fingerprint density at radius 3 is 2.47 bits per heavy atom. The molecule has 2 rings (SSSR count). The van der Waals surface area contributed by atoms with Crippen LogP contribution in [0.15, 0.2) is 24.3 Å². The lowest BCUT2D eigenvalue weighted by Gasteiger charge is -2.33. The van der Waals surface area contributed by atoms with Crippen LogP contribution in [0.25, 0.3) is 0 Å². The molecule has 0 bridgehead atoms. The molecule has 0 spiro atoms. The van der Waals surface area contributed by atoms with E-state index in [0.29, 0.717) is 6.04 Å². The predicted octanol–water partition coefficient (Wildman–Crippen LogP) is 3.37. The van der Waals surface area contributed by atoms with E-state index in [2.05, 4.69) is 49.9 Å². The second kappa shape index (κ2) is 6.53. The molecule has 0 saturated carbocycles. The first-order valence-corrected chi connectivity index (χ1v) is 7.78. The first-order chi connectivity index (χ1) is 9.21. The molecule has 0 amide bonds. The van der Waals surface area contributed by atoms with E-state index in [1.807, 2.05) is 0 Å². The summed E-state index contributed by atoms with van der Waals surface area (Å²) in [6.45, 7) is 9.15. The smallest absolute Gasteiger partial charge is 0.0459 e. The van der Waals surface area contributed by atoms with Gasteiger partial charge in [0, 0.05) is 18.6 Å². The monoisotopic (exact) mass is 260 g/mol. The average Bonchev–Trinajstić information content (AvgIpc) is 2.78. The van der Waals surface area contributed by atoms with Gasteiger partial charge in [-0.2, -0.15) is 0 Å². The quantitative estimate of drug-likeness (QED) is 0.849. The molecule has 2 nitrogen and oxygen atoms in total. The highest BCUT2D eigenvalue weighted by molar-refractivity contribution is 5.36. The molecule has 2 atom stereocenters. The molecule has 0 saturated heterocycles. The normalized spacial score (nSPS) is 22.2. The van der Waals surface area contributed by atoms with Crippen molar-refractivity contribution in [2.45, 2.75) is 52.1 Å². The van der Waals surface area contributed by atoms with Gasteiger partial charge in [-0.1, -0.05) is 57.9 Å². The van der Waals surface area contributed by atoms with Gasteiger partial charge in [0.05, 0.1) is 0 Å². The summed E-state index contributed by atoms with van der Waals surface area (Å²) in [5, 5.41) is 0. The van der Waals surface area contributed by atoms with Crippen molar-refractivity contribution >= 4 is 0 Å². The van der Waals surface area contributed by atoms with Crippen LogP contribution < -0.4 is 5.73 Å². The van der Waals surface area contributed by atoms with E-state index in [9.17, 15) is 0 Å². The first kappa shape index (κ1) is 14.5. The summed E-state index contributed by atoms with van der Waals surface area (Å²) in [6.07, 6.45) is 3.65. The Morgan fingerprint density at radius 1 is 1.21 bits per heavy atom. The van der Waals surface area contributed by atoms with Crippen LogP contribution in [0.4, 0.5) is 0 Å². The van der Waals surface area contributed by atoms with Crippen molar-refractivity contribution in [3.63, 3.8) is 0 Å². The van der Waals surface area contributed by atoms with Gasteiger partial charge in [0.1, 0.15) is 0 Å². The summed E-state index contributed by atoms with van der Waals surface area (Å²) >= 11 is 0. The molecule has 0 radical (unpaired) electrons. The molecule has 0 aliphatic heterocycles. The minimum Gasteiger partial charge on any atom is -0.323 e. The molecule has 0 aromatic heterocycles. The lowest BCUT2D eigenvalue weighted by Crippen LogP contribution is -2.43. The van der Waals surface area contributed by atoms with Crippen molar-refractivity contribution in [2.24, 2.45) is 11.7 Å². The summed E-state index contributed by atoms with van der Waals surface area (Å²) in [5.41, 5.74) is 9.29. The molecular formula is C17H28N2. The maximum absolute atomic E-state index is 6.48. The Hall–Kier alpha value is -0.860. The number of likely N-dealkylation sites (N-methyl/N-ethyl adjacent to an activating group) is 1. The summed E-state index contributed by atoms with van der Waals surface area (Å²) in [5.74, 6) is 0.802. The highest BCUT2D eigenvalue weighted by atomic mass is 15.2. The number of nitrogens with zero attached hydrogens (tertiary/aromatic N) is 1. The zero-order valence-electron chi connectivity index (χ0n) is 12.6. The van der Waals surface area contributed by atoms with E-state index in [0.717, 1.165) is 18.9 Å². The summed E-state index contributed by atoms with van der Waals surface area (Å²) in [4.78, 5) is 2.60. The van der Waals surface area contributed by atoms with E-state index in [4.69, 9.17) is 5.73 Å². The van der Waals surface area contributed by atoms with Crippen molar-refractivity contribution in [3.05, 3.63) is 35.4 Å². The molecule has 1 aliphatic carbocycles. The molecule has 2 N–H and O–H groups in total. The van der Waals surface area contributed by atoms with Gasteiger partial charge in [-0.25, -0.2) is 0 Å². The van der Waals surface area contributed by atoms with Crippen LogP contribution in [0.5, 0.6) is 0 Å². The molecule has 0 heterocycles. The van der Waals surface area contributed by atoms with Gasteiger partial charge >= 0.3 is 0 Å². The largest absolute Gasteiger partial charge is 0.323 e. The molecule has 1 aliphatic rings. The Kier molecular flexibility index (Phi) is 5.00. The van der Waals surface area contributed by atoms with Crippen LogP contribution >= 0.6 is 0 Å². The lowest BCUT2D eigenvalue weighted by atomic mass is 10.0. The minimum absolute atomic E-state index is 0.186. The van der Waals surface area contributed by atoms with E-state index in [1.54, 1.807) is 0 Å². The third kappa shape index (κ3) is 3.01. The standard InChI is InChI=1S/C17H28N2/c1-4-13(5-2)12-19(6-3)16-11-14-9-7-8-10-15(14)17(16)18/h7-10,13,16-17H,4-6,11-12,18H2,1-3H3. The zero-order chi connectivity index (χ0) is 13.8. The van der Waals surface area contributed by atoms with Crippen LogP contribution in [0, 0.1) is 5.92 Å². The number of rotatable bonds is 6. The molecule has 2 heteroatoms. The molecular weight excluding hydrogens is 232 g/mol. The van der Waals surface area contributed by atoms with Crippen molar-refractivity contribution in [2.75, 3.05) is 13.1 Å². The highest BCUT2D eigenvalue weighted by Gasteiger charge is 2.33. The lowest BCUT2D eigenvalue weighted by molar-refractivity contribution is 0.156. The molecule has 1 aromatic rings. The van der Waals surface area contributed by atoms with Gasteiger partial charge in [-0.05, 0) is 30.0 Å². The van der Waals surface area contributed by atoms with Crippen LogP contribution in [0.3, 0.4) is 0 Å². The van der Waals surface area contributed by atoms with Crippen molar-refractivity contribution in [1.82, 2.24) is 4.90 Å². The van der Waals surface area contributed by atoms with E-state index in [-0.39, 0.29) is 6.04 Å². The van der Waals surface area contributed by atoms with Gasteiger partial charge in [0.15, 0.2) is 0 Å². The number of hydrogen-bond acceptors (Lipinski definition) is 2. The minimum atomic E-state index is 0.186. The number of hydrogen-bond donors (Lipinski definition) is 1. The fourth-order valence-electron chi connectivity index (χ4n) is 3.34. The predicted molar refractivity (Wildman–Crippen MR) is 82.2 cm³/mol. The Labute approximate surface area is 118 Å². The van der Waals surface area contributed by atoms with Gasteiger partial charge < -0.3 is 5.73 Å². The summed E-state index contributed by atoms with van der Waals surface area (Å²) in [6, 6.07) is 9.35. The van der Waals surface area contributed by atoms with Crippen LogP contribution in [0.2, 0.25) is 0 Å². The molecule has 1 aromatic carbocycles. The van der Waals surface area contributed by atoms with Crippen molar-refractivity contribution in [3.8, 4) is 0 Å². The molecule has 2 unspecified atom stereocenters. The van der Waals surface area contributed by atoms with Gasteiger partial charge in [0.2, 0.25) is 0 Å². The SMILES string of the molecule is CCC(CC)CN(CC)C1Cc2ccccc2C1N. The third-order valence-electron chi connectivity index (χ3n) is 4.78. The summed E-state index contributed by atoms with van der Waals surface area (Å²) < 4.78 is 0. The third-order valence-corrected chi connectivity index (χ3v) is 4.78. The van der Waals surface area contributed by atoms with Gasteiger partial charge in [-0.3, -0.25) is 4.90 Å². The zero-order valence-corrected chi connectivity index (χ0v) is 12.6. The second-order valence-corrected chi connectivity index (χ2v) is 5.77. The number of nitrogens with two attached hydrogens (primary N) is 1. The van der Waals surface area contributed by atoms with Crippen molar-refractivity contribution in [1.29, 1.82) is 0 Å². The molecule has 106 valence electrons. The Bertz CT molecular complexity index is 398. The number of fused-ring (bicyclic) bond motifs is 1. The second-order valence-electron chi connectivity index (χ2n) is 5.77. The Balaban J connectivity index is 2.09. The van der Waals surface area contributed by atoms with Crippen LogP contribution in [0.1, 0.15) is 50.8 Å². The fourth-order valence-corrected chi connectivity index (χ4v) is 3.34. The molecule has 0 fully saturated rings. The van der Waals surface area contributed by atoms with Crippen LogP contribution in [-0.4, -0.2) is 24.0 Å². The van der Waals surface area contributed by atoms with E-state index in [1.165, 1.54) is 30.5 Å². The first-order valence-electron chi connectivity index (χ1n) is 7.78. The highest BCUT2D eigenvalue weighted by Crippen LogP contribution is 2.33. The van der Waals surface area contributed by atoms with Crippen molar-refractivity contribution < 1.29 is 0 Å². The average molecular weight is 260 g/mol. The van der Waals surface area contributed by atoms with Crippen LogP contribution in [-0.2, 0) is 6.42 Å². The van der Waals surface area contributed by atoms with Gasteiger partial charge in [0.25, 0.3) is 0 Å². The Morgan fingerprint density at radius 2 is 1.89 bits per heavy atom. The maximum atomic E-state index is 6.48. The molecule has 19 heavy (non-hydrogen) atoms. The fraction of sp³-hybridized carbons (Fsp3) is 0.647.